The van der Waals surface area contributed by atoms with Crippen molar-refractivity contribution in [1.82, 2.24) is 10.2 Å². The van der Waals surface area contributed by atoms with Gasteiger partial charge in [0.05, 0.1) is 6.54 Å². The summed E-state index contributed by atoms with van der Waals surface area (Å²) >= 11 is 0. The maximum absolute atomic E-state index is 5.27. The molecule has 1 atom stereocenters. The molecule has 1 rings (SSSR count). The molecule has 1 aliphatic rings. The van der Waals surface area contributed by atoms with E-state index in [-0.39, 0.29) is 0 Å². The molecule has 1 N–H and O–H groups in total. The van der Waals surface area contributed by atoms with Gasteiger partial charge in [-0.1, -0.05) is 32.6 Å². The monoisotopic (exact) mass is 236 g/mol. The average Bonchev–Trinajstić information content (AvgIpc) is 2.79. The van der Waals surface area contributed by atoms with E-state index < -0.39 is 0 Å². The maximum Gasteiger partial charge on any atom is 0.0574 e. The molecule has 0 amide bonds. The molecular weight excluding hydrogens is 208 g/mol. The fourth-order valence-corrected chi connectivity index (χ4v) is 2.82. The van der Waals surface area contributed by atoms with Gasteiger partial charge in [0.15, 0.2) is 0 Å². The predicted molar refractivity (Wildman–Crippen MR) is 75.0 cm³/mol. The van der Waals surface area contributed by atoms with E-state index in [1.165, 1.54) is 32.2 Å². The van der Waals surface area contributed by atoms with E-state index in [1.54, 1.807) is 0 Å². The second-order valence-electron chi connectivity index (χ2n) is 5.71. The summed E-state index contributed by atoms with van der Waals surface area (Å²) < 4.78 is 0. The largest absolute Gasteiger partial charge is 0.305 e. The molecule has 0 aromatic carbocycles. The van der Waals surface area contributed by atoms with Crippen molar-refractivity contribution >= 4 is 0 Å². The van der Waals surface area contributed by atoms with Crippen molar-refractivity contribution in [2.24, 2.45) is 5.92 Å². The third kappa shape index (κ3) is 5.10. The molecule has 0 radical (unpaired) electrons. The van der Waals surface area contributed by atoms with Crippen LogP contribution in [0.1, 0.15) is 46.5 Å². The molecule has 1 aliphatic carbocycles. The Balaban J connectivity index is 2.46. The number of terminal acetylenes is 1. The molecule has 1 saturated carbocycles. The molecule has 0 bridgehead atoms. The molecule has 0 aromatic heterocycles. The van der Waals surface area contributed by atoms with Crippen molar-refractivity contribution in [3.63, 3.8) is 0 Å². The summed E-state index contributed by atoms with van der Waals surface area (Å²) in [6.45, 7) is 9.85. The Morgan fingerprint density at radius 2 is 1.94 bits per heavy atom. The van der Waals surface area contributed by atoms with Crippen LogP contribution in [0.5, 0.6) is 0 Å². The zero-order chi connectivity index (χ0) is 12.7. The predicted octanol–water partition coefficient (Wildman–Crippen LogP) is 2.50. The topological polar surface area (TPSA) is 15.3 Å². The first-order chi connectivity index (χ1) is 8.15. The highest BCUT2D eigenvalue weighted by molar-refractivity contribution is 4.88. The van der Waals surface area contributed by atoms with E-state index in [4.69, 9.17) is 6.42 Å². The Morgan fingerprint density at radius 3 is 2.47 bits per heavy atom. The number of nitrogens with one attached hydrogen (secondary N) is 1. The molecule has 1 unspecified atom stereocenters. The fraction of sp³-hybridized carbons (Fsp3) is 0.867. The highest BCUT2D eigenvalue weighted by Crippen LogP contribution is 2.25. The Hall–Kier alpha value is -0.520. The van der Waals surface area contributed by atoms with Gasteiger partial charge in [0.1, 0.15) is 0 Å². The van der Waals surface area contributed by atoms with E-state index in [9.17, 15) is 0 Å². The van der Waals surface area contributed by atoms with Gasteiger partial charge in [-0.2, -0.15) is 0 Å². The van der Waals surface area contributed by atoms with Gasteiger partial charge in [-0.05, 0) is 25.7 Å². The van der Waals surface area contributed by atoms with Crippen molar-refractivity contribution in [2.45, 2.75) is 58.5 Å². The lowest BCUT2D eigenvalue weighted by atomic mass is 10.1. The molecule has 17 heavy (non-hydrogen) atoms. The Morgan fingerprint density at radius 1 is 1.29 bits per heavy atom. The van der Waals surface area contributed by atoms with Gasteiger partial charge in [0.25, 0.3) is 0 Å². The smallest absolute Gasteiger partial charge is 0.0574 e. The first-order valence-electron chi connectivity index (χ1n) is 7.05. The zero-order valence-electron chi connectivity index (χ0n) is 11.7. The van der Waals surface area contributed by atoms with Gasteiger partial charge < -0.3 is 5.32 Å². The first kappa shape index (κ1) is 14.5. The quantitative estimate of drug-likeness (QED) is 0.540. The van der Waals surface area contributed by atoms with Crippen LogP contribution in [0, 0.1) is 18.3 Å². The summed E-state index contributed by atoms with van der Waals surface area (Å²) in [6, 6.07) is 1.40. The van der Waals surface area contributed by atoms with E-state index in [0.717, 1.165) is 18.5 Å². The van der Waals surface area contributed by atoms with Crippen LogP contribution in [0.15, 0.2) is 0 Å². The first-order valence-corrected chi connectivity index (χ1v) is 7.05. The van der Waals surface area contributed by atoms with Crippen LogP contribution in [0.2, 0.25) is 0 Å². The van der Waals surface area contributed by atoms with Gasteiger partial charge in [0.2, 0.25) is 0 Å². The second kappa shape index (κ2) is 7.74. The summed E-state index contributed by atoms with van der Waals surface area (Å²) in [6.07, 6.45) is 10.8. The second-order valence-corrected chi connectivity index (χ2v) is 5.71. The number of nitrogens with zero attached hydrogens (tertiary/aromatic N) is 1. The van der Waals surface area contributed by atoms with Gasteiger partial charge >= 0.3 is 0 Å². The molecule has 0 heterocycles. The van der Waals surface area contributed by atoms with Crippen molar-refractivity contribution in [2.75, 3.05) is 19.6 Å². The van der Waals surface area contributed by atoms with Crippen LogP contribution in [-0.4, -0.2) is 36.6 Å². The minimum absolute atomic E-state index is 0.592. The van der Waals surface area contributed by atoms with Gasteiger partial charge in [-0.25, -0.2) is 0 Å². The highest BCUT2D eigenvalue weighted by atomic mass is 15.2. The Kier molecular flexibility index (Phi) is 6.62. The zero-order valence-corrected chi connectivity index (χ0v) is 11.7. The maximum atomic E-state index is 5.27. The molecule has 0 aliphatic heterocycles. The lowest BCUT2D eigenvalue weighted by molar-refractivity contribution is 0.126. The van der Waals surface area contributed by atoms with Crippen molar-refractivity contribution in [3.8, 4) is 12.3 Å². The third-order valence-corrected chi connectivity index (χ3v) is 3.60. The van der Waals surface area contributed by atoms with E-state index in [1.807, 2.05) is 0 Å². The number of hydrogen-bond acceptors (Lipinski definition) is 2. The van der Waals surface area contributed by atoms with Crippen molar-refractivity contribution < 1.29 is 0 Å². The third-order valence-electron chi connectivity index (χ3n) is 3.60. The van der Waals surface area contributed by atoms with E-state index in [0.29, 0.717) is 12.6 Å². The fourth-order valence-electron chi connectivity index (χ4n) is 2.82. The van der Waals surface area contributed by atoms with Crippen LogP contribution < -0.4 is 5.32 Å². The van der Waals surface area contributed by atoms with E-state index in [2.05, 4.69) is 36.9 Å². The molecule has 98 valence electrons. The molecule has 0 saturated heterocycles. The van der Waals surface area contributed by atoms with Crippen molar-refractivity contribution in [3.05, 3.63) is 0 Å². The SMILES string of the molecule is C#CCNCC(C)N(CC(C)C)C1CCCC1. The number of rotatable bonds is 7. The van der Waals surface area contributed by atoms with Gasteiger partial charge in [-0.15, -0.1) is 6.42 Å². The van der Waals surface area contributed by atoms with Crippen LogP contribution in [0.4, 0.5) is 0 Å². The molecular formula is C15H28N2. The average molecular weight is 236 g/mol. The molecule has 2 nitrogen and oxygen atoms in total. The van der Waals surface area contributed by atoms with Crippen molar-refractivity contribution in [1.29, 1.82) is 0 Å². The summed E-state index contributed by atoms with van der Waals surface area (Å²) in [7, 11) is 0. The summed E-state index contributed by atoms with van der Waals surface area (Å²) in [4.78, 5) is 2.70. The van der Waals surface area contributed by atoms with E-state index >= 15 is 0 Å². The lowest BCUT2D eigenvalue weighted by Crippen LogP contribution is -2.47. The normalized spacial score (nSPS) is 18.8. The molecule has 0 spiro atoms. The lowest BCUT2D eigenvalue weighted by Gasteiger charge is -2.36. The number of hydrogen-bond donors (Lipinski definition) is 1. The van der Waals surface area contributed by atoms with Crippen LogP contribution in [0.3, 0.4) is 0 Å². The Labute approximate surface area is 107 Å². The highest BCUT2D eigenvalue weighted by Gasteiger charge is 2.26. The standard InChI is InChI=1S/C15H28N2/c1-5-10-16-11-14(4)17(12-13(2)3)15-8-6-7-9-15/h1,13-16H,6-12H2,2-4H3. The molecule has 0 aromatic rings. The van der Waals surface area contributed by atoms with Gasteiger partial charge in [0, 0.05) is 25.2 Å². The molecule has 1 fully saturated rings. The summed E-state index contributed by atoms with van der Waals surface area (Å²) in [5, 5.41) is 3.33. The minimum atomic E-state index is 0.592. The molecule has 2 heteroatoms. The van der Waals surface area contributed by atoms with Crippen LogP contribution >= 0.6 is 0 Å². The minimum Gasteiger partial charge on any atom is -0.305 e. The van der Waals surface area contributed by atoms with Crippen LogP contribution in [-0.2, 0) is 0 Å². The summed E-state index contributed by atoms with van der Waals surface area (Å²) in [5.41, 5.74) is 0. The summed E-state index contributed by atoms with van der Waals surface area (Å²) in [5.74, 6) is 3.38. The van der Waals surface area contributed by atoms with Crippen LogP contribution in [0.25, 0.3) is 0 Å². The van der Waals surface area contributed by atoms with Gasteiger partial charge in [-0.3, -0.25) is 4.90 Å². The Bertz CT molecular complexity index is 236.